The molecule has 2 aromatic rings. The molecule has 0 saturated heterocycles. The minimum Gasteiger partial charge on any atom is -0.497 e. The van der Waals surface area contributed by atoms with Crippen LogP contribution >= 0.6 is 0 Å². The molecule has 0 saturated carbocycles. The Bertz CT molecular complexity index is 612. The molecule has 0 aromatic heterocycles. The highest BCUT2D eigenvalue weighted by Crippen LogP contribution is 2.22. The van der Waals surface area contributed by atoms with Crippen molar-refractivity contribution in [3.63, 3.8) is 0 Å². The van der Waals surface area contributed by atoms with Gasteiger partial charge in [-0.1, -0.05) is 0 Å². The molecule has 2 rings (SSSR count). The summed E-state index contributed by atoms with van der Waals surface area (Å²) in [5, 5.41) is 5.48. The predicted octanol–water partition coefficient (Wildman–Crippen LogP) is 3.13. The molecule has 0 aliphatic rings. The highest BCUT2D eigenvalue weighted by Gasteiger charge is 2.10. The largest absolute Gasteiger partial charge is 0.497 e. The third-order valence-electron chi connectivity index (χ3n) is 2.86. The van der Waals surface area contributed by atoms with Gasteiger partial charge in [-0.3, -0.25) is 4.79 Å². The van der Waals surface area contributed by atoms with Gasteiger partial charge in [-0.2, -0.15) is 0 Å². The fourth-order valence-electron chi connectivity index (χ4n) is 1.71. The number of halogens is 1. The first-order valence-corrected chi connectivity index (χ1v) is 6.06. The Morgan fingerprint density at radius 3 is 2.45 bits per heavy atom. The number of amides is 1. The van der Waals surface area contributed by atoms with Gasteiger partial charge in [0.15, 0.2) is 0 Å². The van der Waals surface area contributed by atoms with E-state index in [0.29, 0.717) is 11.3 Å². The molecular weight excluding hydrogens is 259 g/mol. The molecule has 0 unspecified atom stereocenters. The summed E-state index contributed by atoms with van der Waals surface area (Å²) < 4.78 is 18.6. The van der Waals surface area contributed by atoms with Crippen molar-refractivity contribution in [3.05, 3.63) is 53.8 Å². The molecule has 0 spiro atoms. The molecule has 0 radical (unpaired) electrons. The van der Waals surface area contributed by atoms with E-state index >= 15 is 0 Å². The average Bonchev–Trinajstić information content (AvgIpc) is 2.49. The Hall–Kier alpha value is -2.56. The van der Waals surface area contributed by atoms with E-state index in [4.69, 9.17) is 4.74 Å². The van der Waals surface area contributed by atoms with Crippen LogP contribution < -0.4 is 15.4 Å². The maximum absolute atomic E-state index is 13.6. The molecule has 0 aliphatic carbocycles. The van der Waals surface area contributed by atoms with E-state index in [0.717, 1.165) is 5.69 Å². The molecule has 0 atom stereocenters. The Morgan fingerprint density at radius 2 is 1.85 bits per heavy atom. The summed E-state index contributed by atoms with van der Waals surface area (Å²) in [6, 6.07) is 11.1. The van der Waals surface area contributed by atoms with Crippen LogP contribution in [0, 0.1) is 5.82 Å². The number of hydrogen-bond acceptors (Lipinski definition) is 3. The van der Waals surface area contributed by atoms with Crippen LogP contribution in [0.3, 0.4) is 0 Å². The number of nitrogens with one attached hydrogen (secondary N) is 2. The van der Waals surface area contributed by atoms with Gasteiger partial charge >= 0.3 is 0 Å². The lowest BCUT2D eigenvalue weighted by molar-refractivity contribution is 0.102. The highest BCUT2D eigenvalue weighted by atomic mass is 19.1. The zero-order chi connectivity index (χ0) is 14.5. The second-order valence-electron chi connectivity index (χ2n) is 4.13. The summed E-state index contributed by atoms with van der Waals surface area (Å²) in [5.74, 6) is -0.405. The van der Waals surface area contributed by atoms with Crippen molar-refractivity contribution in [3.8, 4) is 5.75 Å². The Balaban J connectivity index is 2.18. The molecule has 5 heteroatoms. The van der Waals surface area contributed by atoms with Crippen LogP contribution in [0.25, 0.3) is 0 Å². The van der Waals surface area contributed by atoms with Gasteiger partial charge in [0, 0.05) is 24.4 Å². The van der Waals surface area contributed by atoms with Gasteiger partial charge in [0.05, 0.1) is 12.8 Å². The van der Waals surface area contributed by atoms with Crippen LogP contribution in [0.15, 0.2) is 42.5 Å². The summed E-state index contributed by atoms with van der Waals surface area (Å²) in [4.78, 5) is 12.0. The van der Waals surface area contributed by atoms with Crippen molar-refractivity contribution >= 4 is 17.3 Å². The minimum atomic E-state index is -0.508. The zero-order valence-corrected chi connectivity index (χ0v) is 11.2. The third kappa shape index (κ3) is 3.06. The molecule has 20 heavy (non-hydrogen) atoms. The second-order valence-corrected chi connectivity index (χ2v) is 4.13. The van der Waals surface area contributed by atoms with E-state index in [-0.39, 0.29) is 11.6 Å². The summed E-state index contributed by atoms with van der Waals surface area (Å²) in [6.45, 7) is 0. The Kier molecular flexibility index (Phi) is 4.20. The average molecular weight is 274 g/mol. The number of rotatable bonds is 4. The SMILES string of the molecule is CNc1ccc(C(=O)Nc2cc(OC)ccc2F)cc1. The summed E-state index contributed by atoms with van der Waals surface area (Å²) in [7, 11) is 3.27. The number of carbonyl (C=O) groups is 1. The lowest BCUT2D eigenvalue weighted by Gasteiger charge is -2.09. The van der Waals surface area contributed by atoms with E-state index in [2.05, 4.69) is 10.6 Å². The Morgan fingerprint density at radius 1 is 1.15 bits per heavy atom. The van der Waals surface area contributed by atoms with Gasteiger partial charge in [-0.15, -0.1) is 0 Å². The van der Waals surface area contributed by atoms with Gasteiger partial charge in [0.2, 0.25) is 0 Å². The van der Waals surface area contributed by atoms with Crippen molar-refractivity contribution in [2.45, 2.75) is 0 Å². The number of benzene rings is 2. The van der Waals surface area contributed by atoms with Gasteiger partial charge in [0.25, 0.3) is 5.91 Å². The van der Waals surface area contributed by atoms with Crippen LogP contribution in [0.4, 0.5) is 15.8 Å². The maximum Gasteiger partial charge on any atom is 0.255 e. The summed E-state index contributed by atoms with van der Waals surface area (Å²) in [5.41, 5.74) is 1.44. The number of hydrogen-bond donors (Lipinski definition) is 2. The fourth-order valence-corrected chi connectivity index (χ4v) is 1.71. The second kappa shape index (κ2) is 6.06. The molecule has 2 aromatic carbocycles. The lowest BCUT2D eigenvalue weighted by Crippen LogP contribution is -2.13. The molecule has 0 fully saturated rings. The zero-order valence-electron chi connectivity index (χ0n) is 11.2. The molecule has 2 N–H and O–H groups in total. The van der Waals surface area contributed by atoms with Crippen LogP contribution in [0.2, 0.25) is 0 Å². The summed E-state index contributed by atoms with van der Waals surface area (Å²) >= 11 is 0. The van der Waals surface area contributed by atoms with Crippen molar-refractivity contribution < 1.29 is 13.9 Å². The van der Waals surface area contributed by atoms with Crippen molar-refractivity contribution in [2.24, 2.45) is 0 Å². The van der Waals surface area contributed by atoms with E-state index in [1.165, 1.54) is 25.3 Å². The van der Waals surface area contributed by atoms with Crippen LogP contribution in [0.1, 0.15) is 10.4 Å². The number of ether oxygens (including phenoxy) is 1. The molecule has 0 heterocycles. The smallest absolute Gasteiger partial charge is 0.255 e. The van der Waals surface area contributed by atoms with E-state index in [1.54, 1.807) is 31.3 Å². The van der Waals surface area contributed by atoms with E-state index in [9.17, 15) is 9.18 Å². The number of carbonyl (C=O) groups excluding carboxylic acids is 1. The number of anilines is 2. The van der Waals surface area contributed by atoms with Crippen LogP contribution in [-0.4, -0.2) is 20.1 Å². The molecule has 104 valence electrons. The van der Waals surface area contributed by atoms with Crippen molar-refractivity contribution in [2.75, 3.05) is 24.8 Å². The predicted molar refractivity (Wildman–Crippen MR) is 76.9 cm³/mol. The molecule has 1 amide bonds. The summed E-state index contributed by atoms with van der Waals surface area (Å²) in [6.07, 6.45) is 0. The lowest BCUT2D eigenvalue weighted by atomic mass is 10.2. The minimum absolute atomic E-state index is 0.0899. The van der Waals surface area contributed by atoms with E-state index in [1.807, 2.05) is 0 Å². The highest BCUT2D eigenvalue weighted by molar-refractivity contribution is 6.04. The van der Waals surface area contributed by atoms with Gasteiger partial charge in [-0.25, -0.2) is 4.39 Å². The number of methoxy groups -OCH3 is 1. The first-order valence-electron chi connectivity index (χ1n) is 6.06. The van der Waals surface area contributed by atoms with Crippen LogP contribution in [0.5, 0.6) is 5.75 Å². The molecule has 0 aliphatic heterocycles. The molecule has 0 bridgehead atoms. The van der Waals surface area contributed by atoms with Gasteiger partial charge in [0.1, 0.15) is 11.6 Å². The van der Waals surface area contributed by atoms with Crippen molar-refractivity contribution in [1.82, 2.24) is 0 Å². The van der Waals surface area contributed by atoms with E-state index < -0.39 is 5.82 Å². The first-order chi connectivity index (χ1) is 9.63. The fraction of sp³-hybridized carbons (Fsp3) is 0.133. The van der Waals surface area contributed by atoms with Crippen molar-refractivity contribution in [1.29, 1.82) is 0 Å². The van der Waals surface area contributed by atoms with Gasteiger partial charge < -0.3 is 15.4 Å². The quantitative estimate of drug-likeness (QED) is 0.900. The Labute approximate surface area is 116 Å². The normalized spacial score (nSPS) is 9.95. The molecular formula is C15H15FN2O2. The molecule has 4 nitrogen and oxygen atoms in total. The monoisotopic (exact) mass is 274 g/mol. The first kappa shape index (κ1) is 13.9. The van der Waals surface area contributed by atoms with Crippen LogP contribution in [-0.2, 0) is 0 Å². The maximum atomic E-state index is 13.6. The standard InChI is InChI=1S/C15H15FN2O2/c1-17-11-5-3-10(4-6-11)15(19)18-14-9-12(20-2)7-8-13(14)16/h3-9,17H,1-2H3,(H,18,19). The van der Waals surface area contributed by atoms with Gasteiger partial charge in [-0.05, 0) is 36.4 Å². The topological polar surface area (TPSA) is 50.4 Å². The third-order valence-corrected chi connectivity index (χ3v) is 2.86.